The van der Waals surface area contributed by atoms with Gasteiger partial charge in [-0.05, 0) is 53.9 Å². The maximum absolute atomic E-state index is 10.5. The van der Waals surface area contributed by atoms with E-state index in [4.69, 9.17) is 0 Å². The number of nitrogens with zero attached hydrogens (tertiary/aromatic N) is 3. The van der Waals surface area contributed by atoms with Crippen molar-refractivity contribution in [1.82, 2.24) is 15.0 Å². The smallest absolute Gasteiger partial charge is 0.195 e. The number of rotatable bonds is 5. The third kappa shape index (κ3) is 3.72. The Morgan fingerprint density at radius 1 is 1.27 bits per heavy atom. The topological polar surface area (TPSA) is 73.8 Å². The highest BCUT2D eigenvalue weighted by atomic mass is 32.2. The van der Waals surface area contributed by atoms with Crippen molar-refractivity contribution in [3.05, 3.63) is 51.2 Å². The lowest BCUT2D eigenvalue weighted by Crippen LogP contribution is -1.88. The third-order valence-corrected chi connectivity index (χ3v) is 5.56. The fourth-order valence-corrected chi connectivity index (χ4v) is 4.09. The molecule has 3 rings (SSSR count). The molecule has 0 atom stereocenters. The summed E-state index contributed by atoms with van der Waals surface area (Å²) in [5.74, 6) is 0. The van der Waals surface area contributed by atoms with Crippen molar-refractivity contribution in [2.24, 2.45) is 0 Å². The SMILES string of the molecule is Cc1ccsc1/C=C/c1ccnc(Sc2ncc(N[O-])s2)n1. The van der Waals surface area contributed by atoms with Gasteiger partial charge in [0.25, 0.3) is 0 Å². The Bertz CT molecular complexity index is 797. The molecular weight excluding hydrogens is 336 g/mol. The van der Waals surface area contributed by atoms with Gasteiger partial charge in [-0.1, -0.05) is 11.3 Å². The van der Waals surface area contributed by atoms with Crippen molar-refractivity contribution < 1.29 is 0 Å². The van der Waals surface area contributed by atoms with Crippen LogP contribution < -0.4 is 5.48 Å². The van der Waals surface area contributed by atoms with E-state index >= 15 is 0 Å². The Labute approximate surface area is 139 Å². The molecule has 112 valence electrons. The zero-order valence-electron chi connectivity index (χ0n) is 11.5. The first-order valence-corrected chi connectivity index (χ1v) is 8.83. The van der Waals surface area contributed by atoms with Gasteiger partial charge in [0, 0.05) is 11.1 Å². The molecule has 3 aromatic heterocycles. The van der Waals surface area contributed by atoms with Crippen LogP contribution in [0.4, 0.5) is 5.00 Å². The zero-order chi connectivity index (χ0) is 15.4. The van der Waals surface area contributed by atoms with Crippen molar-refractivity contribution in [1.29, 1.82) is 0 Å². The summed E-state index contributed by atoms with van der Waals surface area (Å²) in [4.78, 5) is 14.0. The molecule has 0 saturated heterocycles. The number of anilines is 1. The second-order valence-corrected chi connectivity index (χ2v) is 7.45. The summed E-state index contributed by atoms with van der Waals surface area (Å²) in [5.41, 5.74) is 3.92. The Kier molecular flexibility index (Phi) is 4.84. The predicted octanol–water partition coefficient (Wildman–Crippen LogP) is 4.53. The van der Waals surface area contributed by atoms with Crippen LogP contribution in [0.3, 0.4) is 0 Å². The molecule has 5 nitrogen and oxygen atoms in total. The van der Waals surface area contributed by atoms with Gasteiger partial charge in [0.05, 0.1) is 16.9 Å². The standard InChI is InChI=1S/C14H11N4OS3/c1-9-5-7-20-11(9)3-2-10-4-6-15-13(17-10)22-14-16-8-12(18-19)21-14/h2-8,18H,1H3/q-1/b3-2+. The molecule has 3 aromatic rings. The molecule has 8 heteroatoms. The Balaban J connectivity index is 1.75. The summed E-state index contributed by atoms with van der Waals surface area (Å²) in [7, 11) is 0. The molecule has 0 aliphatic rings. The molecule has 0 unspecified atom stereocenters. The molecular formula is C14H11N4OS3-. The minimum atomic E-state index is 0.478. The Morgan fingerprint density at radius 3 is 2.91 bits per heavy atom. The summed E-state index contributed by atoms with van der Waals surface area (Å²) in [5, 5.41) is 13.7. The van der Waals surface area contributed by atoms with Crippen LogP contribution >= 0.6 is 34.4 Å². The van der Waals surface area contributed by atoms with Crippen LogP contribution in [0, 0.1) is 12.1 Å². The summed E-state index contributed by atoms with van der Waals surface area (Å²) < 4.78 is 0.730. The summed E-state index contributed by atoms with van der Waals surface area (Å²) in [6.07, 6.45) is 7.25. The van der Waals surface area contributed by atoms with E-state index in [9.17, 15) is 5.21 Å². The fraction of sp³-hybridized carbons (Fsp3) is 0.0714. The van der Waals surface area contributed by atoms with E-state index in [1.54, 1.807) is 17.5 Å². The number of aryl methyl sites for hydroxylation is 1. The number of hydrogen-bond donors (Lipinski definition) is 1. The van der Waals surface area contributed by atoms with Crippen LogP contribution in [0.5, 0.6) is 0 Å². The monoisotopic (exact) mass is 347 g/mol. The zero-order valence-corrected chi connectivity index (χ0v) is 14.0. The average molecular weight is 347 g/mol. The number of hydrogen-bond acceptors (Lipinski definition) is 8. The molecule has 22 heavy (non-hydrogen) atoms. The van der Waals surface area contributed by atoms with Crippen molar-refractivity contribution >= 4 is 51.6 Å². The van der Waals surface area contributed by atoms with Gasteiger partial charge in [0.1, 0.15) is 0 Å². The normalized spacial score (nSPS) is 11.2. The van der Waals surface area contributed by atoms with Gasteiger partial charge in [-0.25, -0.2) is 15.0 Å². The number of thiophene rings is 1. The molecule has 0 bridgehead atoms. The first-order chi connectivity index (χ1) is 10.7. The van der Waals surface area contributed by atoms with Gasteiger partial charge in [0.2, 0.25) is 0 Å². The quantitative estimate of drug-likeness (QED) is 0.540. The average Bonchev–Trinajstić information content (AvgIpc) is 3.14. The number of nitrogens with one attached hydrogen (secondary N) is 1. The van der Waals surface area contributed by atoms with Gasteiger partial charge >= 0.3 is 0 Å². The van der Waals surface area contributed by atoms with Gasteiger partial charge < -0.3 is 10.7 Å². The first-order valence-electron chi connectivity index (χ1n) is 6.31. The van der Waals surface area contributed by atoms with E-state index in [0.29, 0.717) is 10.2 Å². The molecule has 0 radical (unpaired) electrons. The van der Waals surface area contributed by atoms with E-state index in [-0.39, 0.29) is 0 Å². The lowest BCUT2D eigenvalue weighted by Gasteiger charge is -2.01. The van der Waals surface area contributed by atoms with Crippen molar-refractivity contribution in [3.8, 4) is 0 Å². The summed E-state index contributed by atoms with van der Waals surface area (Å²) in [6.45, 7) is 2.08. The fourth-order valence-electron chi connectivity index (χ4n) is 1.64. The molecule has 0 spiro atoms. The van der Waals surface area contributed by atoms with E-state index in [0.717, 1.165) is 10.0 Å². The Morgan fingerprint density at radius 2 is 2.18 bits per heavy atom. The van der Waals surface area contributed by atoms with Crippen molar-refractivity contribution in [3.63, 3.8) is 0 Å². The second-order valence-electron chi connectivity index (χ2n) is 4.26. The molecule has 0 fully saturated rings. The van der Waals surface area contributed by atoms with Gasteiger partial charge in [-0.15, -0.1) is 11.3 Å². The van der Waals surface area contributed by atoms with Crippen LogP contribution in [0.1, 0.15) is 16.1 Å². The highest BCUT2D eigenvalue weighted by Gasteiger charge is 2.05. The minimum absolute atomic E-state index is 0.478. The lowest BCUT2D eigenvalue weighted by atomic mass is 10.2. The molecule has 3 heterocycles. The molecule has 0 aliphatic heterocycles. The molecule has 0 aliphatic carbocycles. The molecule has 0 saturated carbocycles. The second kappa shape index (κ2) is 7.01. The van der Waals surface area contributed by atoms with E-state index < -0.39 is 0 Å². The van der Waals surface area contributed by atoms with Crippen molar-refractivity contribution in [2.75, 3.05) is 5.48 Å². The number of thiazole rings is 1. The number of aromatic nitrogens is 3. The van der Waals surface area contributed by atoms with Crippen LogP contribution in [0.2, 0.25) is 0 Å². The van der Waals surface area contributed by atoms with Gasteiger partial charge in [-0.3, -0.25) is 0 Å². The largest absolute Gasteiger partial charge is 0.760 e. The highest BCUT2D eigenvalue weighted by molar-refractivity contribution is 8.00. The summed E-state index contributed by atoms with van der Waals surface area (Å²) in [6, 6.07) is 3.95. The van der Waals surface area contributed by atoms with Gasteiger partial charge in [0.15, 0.2) is 9.50 Å². The lowest BCUT2D eigenvalue weighted by molar-refractivity contribution is 0.956. The highest BCUT2D eigenvalue weighted by Crippen LogP contribution is 2.31. The van der Waals surface area contributed by atoms with Crippen LogP contribution in [-0.2, 0) is 0 Å². The van der Waals surface area contributed by atoms with Crippen LogP contribution in [0.25, 0.3) is 12.2 Å². The van der Waals surface area contributed by atoms with Crippen molar-refractivity contribution in [2.45, 2.75) is 16.4 Å². The van der Waals surface area contributed by atoms with Gasteiger partial charge in [-0.2, -0.15) is 0 Å². The molecule has 0 amide bonds. The first kappa shape index (κ1) is 15.2. The minimum Gasteiger partial charge on any atom is -0.760 e. The Hall–Kier alpha value is -1.74. The van der Waals surface area contributed by atoms with Crippen LogP contribution in [-0.4, -0.2) is 15.0 Å². The van der Waals surface area contributed by atoms with E-state index in [2.05, 4.69) is 39.4 Å². The summed E-state index contributed by atoms with van der Waals surface area (Å²) >= 11 is 4.32. The molecule has 1 N–H and O–H groups in total. The van der Waals surface area contributed by atoms with E-state index in [1.165, 1.54) is 39.7 Å². The predicted molar refractivity (Wildman–Crippen MR) is 93.2 cm³/mol. The molecule has 0 aromatic carbocycles. The maximum Gasteiger partial charge on any atom is 0.195 e. The van der Waals surface area contributed by atoms with Crippen LogP contribution in [0.15, 0.2) is 39.4 Å². The maximum atomic E-state index is 10.5. The third-order valence-electron chi connectivity index (χ3n) is 2.73. The van der Waals surface area contributed by atoms with E-state index in [1.807, 2.05) is 17.6 Å².